The van der Waals surface area contributed by atoms with E-state index in [1.165, 1.54) is 11.3 Å². The minimum atomic E-state index is 0.426. The van der Waals surface area contributed by atoms with E-state index >= 15 is 0 Å². The number of aromatic nitrogens is 1. The molecule has 3 rings (SSSR count). The van der Waals surface area contributed by atoms with Gasteiger partial charge in [-0.25, -0.2) is 4.98 Å². The van der Waals surface area contributed by atoms with Crippen molar-refractivity contribution in [2.45, 2.75) is 6.61 Å². The van der Waals surface area contributed by atoms with Gasteiger partial charge in [-0.15, -0.1) is 0 Å². The van der Waals surface area contributed by atoms with E-state index in [0.29, 0.717) is 28.6 Å². The summed E-state index contributed by atoms with van der Waals surface area (Å²) >= 11 is 1.35. The van der Waals surface area contributed by atoms with E-state index in [0.717, 1.165) is 16.5 Å². The lowest BCUT2D eigenvalue weighted by Crippen LogP contribution is -1.96. The first-order chi connectivity index (χ1) is 9.76. The standard InChI is InChI=1S/C15H12N2O2S/c16-15-17-14-12(6-11(8-18)7-13(14)20-15)19-9-10-4-2-1-3-5-10/h1-8H,9H2,(H2,16,17). The molecule has 0 fully saturated rings. The second kappa shape index (κ2) is 5.30. The smallest absolute Gasteiger partial charge is 0.181 e. The van der Waals surface area contributed by atoms with Gasteiger partial charge in [-0.3, -0.25) is 4.79 Å². The molecule has 2 N–H and O–H groups in total. The molecule has 0 amide bonds. The number of ether oxygens (including phenoxy) is 1. The van der Waals surface area contributed by atoms with E-state index in [9.17, 15) is 4.79 Å². The molecule has 20 heavy (non-hydrogen) atoms. The number of anilines is 1. The first-order valence-electron chi connectivity index (χ1n) is 6.08. The summed E-state index contributed by atoms with van der Waals surface area (Å²) in [4.78, 5) is 15.2. The summed E-state index contributed by atoms with van der Waals surface area (Å²) < 4.78 is 6.65. The lowest BCUT2D eigenvalue weighted by Gasteiger charge is -2.07. The van der Waals surface area contributed by atoms with Crippen molar-refractivity contribution in [3.8, 4) is 5.75 Å². The zero-order valence-corrected chi connectivity index (χ0v) is 11.4. The number of carbonyl (C=O) groups excluding carboxylic acids is 1. The molecule has 0 atom stereocenters. The molecule has 0 unspecified atom stereocenters. The van der Waals surface area contributed by atoms with Gasteiger partial charge in [0.2, 0.25) is 0 Å². The van der Waals surface area contributed by atoms with Crippen molar-refractivity contribution in [1.29, 1.82) is 0 Å². The van der Waals surface area contributed by atoms with E-state index in [-0.39, 0.29) is 0 Å². The second-order valence-electron chi connectivity index (χ2n) is 4.31. The van der Waals surface area contributed by atoms with Crippen LogP contribution in [0.1, 0.15) is 15.9 Å². The molecule has 0 bridgehead atoms. The van der Waals surface area contributed by atoms with E-state index in [1.54, 1.807) is 12.1 Å². The highest BCUT2D eigenvalue weighted by Gasteiger charge is 2.10. The number of aldehydes is 1. The van der Waals surface area contributed by atoms with Crippen LogP contribution in [0.4, 0.5) is 5.13 Å². The van der Waals surface area contributed by atoms with Gasteiger partial charge in [-0.2, -0.15) is 0 Å². The van der Waals surface area contributed by atoms with Crippen molar-refractivity contribution in [3.05, 3.63) is 53.6 Å². The molecule has 4 nitrogen and oxygen atoms in total. The van der Waals surface area contributed by atoms with Gasteiger partial charge < -0.3 is 10.5 Å². The topological polar surface area (TPSA) is 65.2 Å². The molecule has 0 saturated heterocycles. The molecular weight excluding hydrogens is 272 g/mol. The highest BCUT2D eigenvalue weighted by molar-refractivity contribution is 7.22. The van der Waals surface area contributed by atoms with Crippen LogP contribution < -0.4 is 10.5 Å². The molecule has 1 aromatic heterocycles. The number of nitrogen functional groups attached to an aromatic ring is 1. The summed E-state index contributed by atoms with van der Waals surface area (Å²) in [6.07, 6.45) is 0.796. The first-order valence-corrected chi connectivity index (χ1v) is 6.90. The predicted octanol–water partition coefficient (Wildman–Crippen LogP) is 3.27. The Morgan fingerprint density at radius 1 is 1.25 bits per heavy atom. The van der Waals surface area contributed by atoms with Gasteiger partial charge in [-0.1, -0.05) is 41.7 Å². The third-order valence-corrected chi connectivity index (χ3v) is 3.70. The van der Waals surface area contributed by atoms with Crippen LogP contribution >= 0.6 is 11.3 Å². The molecule has 0 saturated carbocycles. The van der Waals surface area contributed by atoms with Crippen LogP contribution in [0, 0.1) is 0 Å². The summed E-state index contributed by atoms with van der Waals surface area (Å²) in [6, 6.07) is 13.3. The van der Waals surface area contributed by atoms with Gasteiger partial charge in [0.05, 0.1) is 4.70 Å². The molecule has 1 heterocycles. The Labute approximate surface area is 119 Å². The quantitative estimate of drug-likeness (QED) is 0.747. The number of hydrogen-bond acceptors (Lipinski definition) is 5. The molecule has 5 heteroatoms. The van der Waals surface area contributed by atoms with E-state index in [4.69, 9.17) is 10.5 Å². The van der Waals surface area contributed by atoms with Crippen molar-refractivity contribution in [2.75, 3.05) is 5.73 Å². The first kappa shape index (κ1) is 12.6. The van der Waals surface area contributed by atoms with Crippen LogP contribution in [0.5, 0.6) is 5.75 Å². The van der Waals surface area contributed by atoms with Crippen LogP contribution in [-0.2, 0) is 6.61 Å². The average molecular weight is 284 g/mol. The van der Waals surface area contributed by atoms with Gasteiger partial charge >= 0.3 is 0 Å². The van der Waals surface area contributed by atoms with Crippen molar-refractivity contribution in [2.24, 2.45) is 0 Å². The summed E-state index contributed by atoms with van der Waals surface area (Å²) in [5.74, 6) is 0.585. The molecule has 0 radical (unpaired) electrons. The molecule has 0 aliphatic rings. The van der Waals surface area contributed by atoms with Crippen LogP contribution in [-0.4, -0.2) is 11.3 Å². The fourth-order valence-corrected chi connectivity index (χ4v) is 2.75. The third-order valence-electron chi connectivity index (χ3n) is 2.87. The van der Waals surface area contributed by atoms with Crippen molar-refractivity contribution in [1.82, 2.24) is 4.98 Å². The molecule has 0 aliphatic heterocycles. The van der Waals surface area contributed by atoms with E-state index in [2.05, 4.69) is 4.98 Å². The minimum Gasteiger partial charge on any atom is -0.487 e. The number of fused-ring (bicyclic) bond motifs is 1. The zero-order valence-electron chi connectivity index (χ0n) is 10.6. The number of benzene rings is 2. The van der Waals surface area contributed by atoms with E-state index < -0.39 is 0 Å². The monoisotopic (exact) mass is 284 g/mol. The Balaban J connectivity index is 1.95. The lowest BCUT2D eigenvalue weighted by molar-refractivity contribution is 0.112. The Morgan fingerprint density at radius 2 is 2.05 bits per heavy atom. The highest BCUT2D eigenvalue weighted by Crippen LogP contribution is 2.32. The number of nitrogens with two attached hydrogens (primary N) is 1. The normalized spacial score (nSPS) is 10.6. The van der Waals surface area contributed by atoms with Crippen LogP contribution in [0.15, 0.2) is 42.5 Å². The SMILES string of the molecule is Nc1nc2c(OCc3ccccc3)cc(C=O)cc2s1. The van der Waals surface area contributed by atoms with Crippen LogP contribution in [0.25, 0.3) is 10.2 Å². The molecule has 2 aromatic carbocycles. The summed E-state index contributed by atoms with van der Waals surface area (Å²) in [7, 11) is 0. The fourth-order valence-electron chi connectivity index (χ4n) is 1.95. The Bertz CT molecular complexity index is 753. The summed E-state index contributed by atoms with van der Waals surface area (Å²) in [5.41, 5.74) is 8.04. The molecular formula is C15H12N2O2S. The Hall–Kier alpha value is -2.40. The van der Waals surface area contributed by atoms with Gasteiger partial charge in [0.15, 0.2) is 5.13 Å². The second-order valence-corrected chi connectivity index (χ2v) is 5.37. The Kier molecular flexibility index (Phi) is 3.35. The maximum absolute atomic E-state index is 11.0. The van der Waals surface area contributed by atoms with Crippen molar-refractivity contribution < 1.29 is 9.53 Å². The van der Waals surface area contributed by atoms with Crippen LogP contribution in [0.3, 0.4) is 0 Å². The molecule has 0 aliphatic carbocycles. The number of nitrogens with zero attached hydrogens (tertiary/aromatic N) is 1. The maximum atomic E-state index is 11.0. The number of rotatable bonds is 4. The van der Waals surface area contributed by atoms with Crippen molar-refractivity contribution >= 4 is 33.0 Å². The number of hydrogen-bond donors (Lipinski definition) is 1. The third kappa shape index (κ3) is 2.48. The average Bonchev–Trinajstić information content (AvgIpc) is 2.86. The van der Waals surface area contributed by atoms with Crippen molar-refractivity contribution in [3.63, 3.8) is 0 Å². The lowest BCUT2D eigenvalue weighted by atomic mass is 10.2. The highest BCUT2D eigenvalue weighted by atomic mass is 32.1. The van der Waals surface area contributed by atoms with E-state index in [1.807, 2.05) is 30.3 Å². The van der Waals surface area contributed by atoms with Gasteiger partial charge in [0, 0.05) is 5.56 Å². The zero-order chi connectivity index (χ0) is 13.9. The maximum Gasteiger partial charge on any atom is 0.181 e. The number of thiazole rings is 1. The largest absolute Gasteiger partial charge is 0.487 e. The molecule has 100 valence electrons. The fraction of sp³-hybridized carbons (Fsp3) is 0.0667. The van der Waals surface area contributed by atoms with Gasteiger partial charge in [-0.05, 0) is 17.7 Å². The minimum absolute atomic E-state index is 0.426. The molecule has 3 aromatic rings. The molecule has 0 spiro atoms. The Morgan fingerprint density at radius 3 is 2.80 bits per heavy atom. The van der Waals surface area contributed by atoms with Gasteiger partial charge in [0.1, 0.15) is 24.2 Å². The van der Waals surface area contributed by atoms with Crippen LogP contribution in [0.2, 0.25) is 0 Å². The predicted molar refractivity (Wildman–Crippen MR) is 80.2 cm³/mol. The van der Waals surface area contributed by atoms with Gasteiger partial charge in [0.25, 0.3) is 0 Å². The summed E-state index contributed by atoms with van der Waals surface area (Å²) in [5, 5.41) is 0.465. The number of carbonyl (C=O) groups is 1. The summed E-state index contributed by atoms with van der Waals surface area (Å²) in [6.45, 7) is 0.426.